The first-order valence-corrected chi connectivity index (χ1v) is 17.0. The van der Waals surface area contributed by atoms with Crippen LogP contribution in [-0.4, -0.2) is 58.5 Å². The molecule has 0 unspecified atom stereocenters. The molecule has 4 rings (SSSR count). The van der Waals surface area contributed by atoms with E-state index in [1.165, 1.54) is 23.5 Å². The number of carbonyl (C=O) groups excluding carboxylic acids is 2. The van der Waals surface area contributed by atoms with Gasteiger partial charge < -0.3 is 20.4 Å². The zero-order chi connectivity index (χ0) is 31.6. The molecule has 10 heteroatoms. The summed E-state index contributed by atoms with van der Waals surface area (Å²) in [5.74, 6) is 0.0633. The number of amides is 2. The number of carbonyl (C=O) groups is 2. The molecule has 0 fully saturated rings. The number of nitrogens with one attached hydrogen (secondary N) is 2. The Balaban J connectivity index is 1.38. The molecule has 0 radical (unpaired) electrons. The maximum absolute atomic E-state index is 12.9. The number of para-hydroxylation sites is 2. The van der Waals surface area contributed by atoms with E-state index in [0.717, 1.165) is 46.9 Å². The minimum Gasteiger partial charge on any atom is -0.369 e. The quantitative estimate of drug-likeness (QED) is 0.138. The maximum atomic E-state index is 12.9. The van der Waals surface area contributed by atoms with E-state index in [1.54, 1.807) is 0 Å². The van der Waals surface area contributed by atoms with Gasteiger partial charge in [0.2, 0.25) is 11.8 Å². The molecule has 0 atom stereocenters. The number of fused-ring (bicyclic) bond motifs is 1. The second kappa shape index (κ2) is 15.8. The van der Waals surface area contributed by atoms with Crippen LogP contribution >= 0.6 is 23.5 Å². The second-order valence-corrected chi connectivity index (χ2v) is 12.8. The monoisotopic (exact) mass is 630 g/mol. The summed E-state index contributed by atoms with van der Waals surface area (Å²) in [6, 6.07) is 24.2. The van der Waals surface area contributed by atoms with E-state index in [9.17, 15) is 9.59 Å². The van der Waals surface area contributed by atoms with Crippen LogP contribution in [0.1, 0.15) is 41.5 Å². The van der Waals surface area contributed by atoms with Crippen molar-refractivity contribution in [1.29, 1.82) is 0 Å². The van der Waals surface area contributed by atoms with Crippen LogP contribution in [-0.2, 0) is 9.59 Å². The molecule has 0 aliphatic heterocycles. The molecule has 44 heavy (non-hydrogen) atoms. The predicted molar refractivity (Wildman–Crippen MR) is 187 cm³/mol. The van der Waals surface area contributed by atoms with E-state index in [0.29, 0.717) is 22.1 Å². The number of anilines is 4. The minimum absolute atomic E-state index is 0.134. The van der Waals surface area contributed by atoms with Crippen LogP contribution in [0.15, 0.2) is 82.8 Å². The van der Waals surface area contributed by atoms with Gasteiger partial charge in [0.05, 0.1) is 22.5 Å². The first-order chi connectivity index (χ1) is 21.2. The lowest BCUT2D eigenvalue weighted by Crippen LogP contribution is -2.30. The van der Waals surface area contributed by atoms with E-state index < -0.39 is 0 Å². The molecule has 0 aliphatic rings. The van der Waals surface area contributed by atoms with Gasteiger partial charge in [0.15, 0.2) is 0 Å². The van der Waals surface area contributed by atoms with Gasteiger partial charge in [-0.1, -0.05) is 35.7 Å². The van der Waals surface area contributed by atoms with E-state index in [4.69, 9.17) is 9.97 Å². The summed E-state index contributed by atoms with van der Waals surface area (Å²) in [6.45, 7) is 14.8. The van der Waals surface area contributed by atoms with Crippen LogP contribution < -0.4 is 20.4 Å². The number of benzene rings is 3. The number of hydrogen-bond donors (Lipinski definition) is 2. The smallest absolute Gasteiger partial charge is 0.234 e. The molecule has 2 N–H and O–H groups in total. The molecule has 0 bridgehead atoms. The Kier molecular flexibility index (Phi) is 11.9. The van der Waals surface area contributed by atoms with Crippen molar-refractivity contribution in [3.8, 4) is 0 Å². The average Bonchev–Trinajstić information content (AvgIpc) is 3.01. The van der Waals surface area contributed by atoms with Crippen molar-refractivity contribution in [2.75, 3.05) is 45.0 Å². The Morgan fingerprint density at radius 1 is 0.636 bits per heavy atom. The zero-order valence-electron chi connectivity index (χ0n) is 26.3. The van der Waals surface area contributed by atoms with Crippen molar-refractivity contribution in [1.82, 2.24) is 9.97 Å². The molecule has 4 aromatic rings. The molecule has 0 saturated heterocycles. The lowest BCUT2D eigenvalue weighted by atomic mass is 10.2. The van der Waals surface area contributed by atoms with Gasteiger partial charge in [-0.05, 0) is 102 Å². The topological polar surface area (TPSA) is 90.5 Å². The molecule has 0 spiro atoms. The second-order valence-electron chi connectivity index (χ2n) is 10.8. The Bertz CT molecular complexity index is 1430. The van der Waals surface area contributed by atoms with Crippen molar-refractivity contribution in [2.24, 2.45) is 0 Å². The summed E-state index contributed by atoms with van der Waals surface area (Å²) in [5, 5.41) is 7.21. The van der Waals surface area contributed by atoms with Crippen molar-refractivity contribution < 1.29 is 9.59 Å². The van der Waals surface area contributed by atoms with Crippen LogP contribution in [0.2, 0.25) is 0 Å². The van der Waals surface area contributed by atoms with Crippen LogP contribution in [0.3, 0.4) is 0 Å². The highest BCUT2D eigenvalue weighted by Gasteiger charge is 2.16. The fraction of sp³-hybridized carbons (Fsp3) is 0.353. The van der Waals surface area contributed by atoms with Gasteiger partial charge in [0, 0.05) is 47.9 Å². The zero-order valence-corrected chi connectivity index (χ0v) is 28.0. The normalized spacial score (nSPS) is 11.2. The van der Waals surface area contributed by atoms with Crippen LogP contribution in [0.25, 0.3) is 11.0 Å². The molecule has 1 aromatic heterocycles. The highest BCUT2D eigenvalue weighted by molar-refractivity contribution is 8.02. The van der Waals surface area contributed by atoms with Gasteiger partial charge in [0.1, 0.15) is 10.1 Å². The Labute approximate surface area is 269 Å². The molecule has 0 saturated carbocycles. The summed E-state index contributed by atoms with van der Waals surface area (Å²) in [4.78, 5) is 39.9. The Hall–Kier alpha value is -3.76. The molecule has 2 amide bonds. The third-order valence-electron chi connectivity index (χ3n) is 7.08. The number of nitrogens with zero attached hydrogens (tertiary/aromatic N) is 4. The van der Waals surface area contributed by atoms with Crippen LogP contribution in [0, 0.1) is 0 Å². The summed E-state index contributed by atoms with van der Waals surface area (Å²) in [5.41, 5.74) is 5.22. The highest BCUT2D eigenvalue weighted by atomic mass is 32.2. The van der Waals surface area contributed by atoms with E-state index in [1.807, 2.05) is 72.8 Å². The number of hydrogen-bond acceptors (Lipinski definition) is 8. The standard InChI is InChI=1S/C34H42N6O2S2/c1-7-39(23(3)4)27-17-13-25(14-18-27)35-31(41)21-43-33-34(38-30-12-10-9-11-29(30)37-33)44-22-32(42)36-26-15-19-28(20-16-26)40(8-2)24(5)6/h9-20,23-24H,7-8,21-22H2,1-6H3,(H,35,41)(H,36,42). The van der Waals surface area contributed by atoms with E-state index >= 15 is 0 Å². The summed E-state index contributed by atoms with van der Waals surface area (Å²) >= 11 is 2.64. The number of aromatic nitrogens is 2. The third kappa shape index (κ3) is 8.89. The molecule has 8 nitrogen and oxygen atoms in total. The largest absolute Gasteiger partial charge is 0.369 e. The lowest BCUT2D eigenvalue weighted by Gasteiger charge is -2.27. The molecular weight excluding hydrogens is 589 g/mol. The maximum Gasteiger partial charge on any atom is 0.234 e. The molecule has 0 aliphatic carbocycles. The minimum atomic E-state index is -0.134. The van der Waals surface area contributed by atoms with Gasteiger partial charge >= 0.3 is 0 Å². The first kappa shape index (κ1) is 33.1. The molecule has 3 aromatic carbocycles. The fourth-order valence-corrected chi connectivity index (χ4v) is 6.68. The Morgan fingerprint density at radius 2 is 1.00 bits per heavy atom. The summed E-state index contributed by atoms with van der Waals surface area (Å²) in [7, 11) is 0. The highest BCUT2D eigenvalue weighted by Crippen LogP contribution is 2.30. The molecule has 232 valence electrons. The van der Waals surface area contributed by atoms with E-state index in [-0.39, 0.29) is 23.3 Å². The number of thioether (sulfide) groups is 2. The van der Waals surface area contributed by atoms with Crippen LogP contribution in [0.5, 0.6) is 0 Å². The SMILES string of the molecule is CCN(c1ccc(NC(=O)CSc2nc3ccccc3nc2SCC(=O)Nc2ccc(N(CC)C(C)C)cc2)cc1)C(C)C. The van der Waals surface area contributed by atoms with Crippen molar-refractivity contribution in [3.63, 3.8) is 0 Å². The van der Waals surface area contributed by atoms with Crippen LogP contribution in [0.4, 0.5) is 22.7 Å². The lowest BCUT2D eigenvalue weighted by molar-refractivity contribution is -0.114. The van der Waals surface area contributed by atoms with Gasteiger partial charge in [-0.3, -0.25) is 9.59 Å². The summed E-state index contributed by atoms with van der Waals surface area (Å²) in [6.07, 6.45) is 0. The Morgan fingerprint density at radius 3 is 1.32 bits per heavy atom. The molecule has 1 heterocycles. The fourth-order valence-electron chi connectivity index (χ4n) is 4.98. The van der Waals surface area contributed by atoms with Gasteiger partial charge in [0.25, 0.3) is 0 Å². The average molecular weight is 631 g/mol. The van der Waals surface area contributed by atoms with E-state index in [2.05, 4.69) is 62.0 Å². The van der Waals surface area contributed by atoms with Gasteiger partial charge in [-0.15, -0.1) is 0 Å². The van der Waals surface area contributed by atoms with Crippen molar-refractivity contribution >= 4 is 69.1 Å². The van der Waals surface area contributed by atoms with Crippen molar-refractivity contribution in [3.05, 3.63) is 72.8 Å². The summed E-state index contributed by atoms with van der Waals surface area (Å²) < 4.78 is 0. The van der Waals surface area contributed by atoms with Gasteiger partial charge in [-0.25, -0.2) is 9.97 Å². The third-order valence-corrected chi connectivity index (χ3v) is 9.14. The molecular formula is C34H42N6O2S2. The number of rotatable bonds is 14. The van der Waals surface area contributed by atoms with Crippen molar-refractivity contribution in [2.45, 2.75) is 63.7 Å². The first-order valence-electron chi connectivity index (χ1n) is 15.0. The predicted octanol–water partition coefficient (Wildman–Crippen LogP) is 7.56. The van der Waals surface area contributed by atoms with Gasteiger partial charge in [-0.2, -0.15) is 0 Å².